The fourth-order valence-corrected chi connectivity index (χ4v) is 5.04. The summed E-state index contributed by atoms with van der Waals surface area (Å²) < 4.78 is 13.7. The minimum atomic E-state index is -0.310. The number of hydrogen-bond acceptors (Lipinski definition) is 4. The van der Waals surface area contributed by atoms with Crippen LogP contribution in [0.3, 0.4) is 0 Å². The third-order valence-electron chi connectivity index (χ3n) is 7.21. The molecule has 0 N–H and O–H groups in total. The highest BCUT2D eigenvalue weighted by molar-refractivity contribution is 5.95. The zero-order valence-electron chi connectivity index (χ0n) is 18.5. The normalized spacial score (nSPS) is 19.6. The molecule has 3 heterocycles. The van der Waals surface area contributed by atoms with Gasteiger partial charge in [0.1, 0.15) is 17.5 Å². The maximum atomic E-state index is 13.7. The second-order valence-electron chi connectivity index (χ2n) is 9.31. The first-order valence-electron chi connectivity index (χ1n) is 11.7. The molecule has 1 aromatic heterocycles. The Morgan fingerprint density at radius 2 is 1.91 bits per heavy atom. The van der Waals surface area contributed by atoms with Crippen molar-refractivity contribution < 1.29 is 14.0 Å². The summed E-state index contributed by atoms with van der Waals surface area (Å²) in [5.74, 6) is 1.84. The van der Waals surface area contributed by atoms with Crippen molar-refractivity contribution in [3.05, 3.63) is 52.7 Å². The van der Waals surface area contributed by atoms with E-state index < -0.39 is 0 Å². The number of amides is 2. The third-order valence-corrected chi connectivity index (χ3v) is 7.21. The van der Waals surface area contributed by atoms with Gasteiger partial charge in [0.05, 0.1) is 6.54 Å². The van der Waals surface area contributed by atoms with Crippen LogP contribution in [-0.4, -0.2) is 39.8 Å². The molecule has 7 heteroatoms. The van der Waals surface area contributed by atoms with Crippen molar-refractivity contribution in [3.8, 4) is 0 Å². The Morgan fingerprint density at radius 3 is 2.59 bits per heavy atom. The maximum Gasteiger partial charge on any atom is 0.228 e. The van der Waals surface area contributed by atoms with E-state index in [0.717, 1.165) is 61.4 Å². The molecule has 0 bridgehead atoms. The molecule has 2 aliphatic heterocycles. The summed E-state index contributed by atoms with van der Waals surface area (Å²) in [6.45, 7) is 3.76. The SMILES string of the molecule is Cc1nc(C2CCN(C(=O)C3CCC3)CC2)nc2c1CCC(=O)N2Cc1cccc(F)c1. The number of aryl methyl sites for hydroxylation is 1. The smallest absolute Gasteiger partial charge is 0.228 e. The van der Waals surface area contributed by atoms with Crippen LogP contribution in [0.15, 0.2) is 24.3 Å². The van der Waals surface area contributed by atoms with Gasteiger partial charge in [-0.05, 0) is 56.7 Å². The van der Waals surface area contributed by atoms with Crippen LogP contribution >= 0.6 is 0 Å². The minimum absolute atomic E-state index is 0.00623. The first kappa shape index (κ1) is 21.0. The number of hydrogen-bond donors (Lipinski definition) is 0. The van der Waals surface area contributed by atoms with Crippen molar-refractivity contribution >= 4 is 17.6 Å². The van der Waals surface area contributed by atoms with Crippen molar-refractivity contribution in [1.29, 1.82) is 0 Å². The van der Waals surface area contributed by atoms with Gasteiger partial charge in [-0.25, -0.2) is 14.4 Å². The number of aromatic nitrogens is 2. The van der Waals surface area contributed by atoms with E-state index in [9.17, 15) is 14.0 Å². The Hall–Kier alpha value is -2.83. The fraction of sp³-hybridized carbons (Fsp3) is 0.520. The molecule has 0 atom stereocenters. The molecule has 0 unspecified atom stereocenters. The number of likely N-dealkylation sites (tertiary alicyclic amines) is 1. The summed E-state index contributed by atoms with van der Waals surface area (Å²) in [4.78, 5) is 38.7. The first-order valence-corrected chi connectivity index (χ1v) is 11.7. The number of carbonyl (C=O) groups is 2. The number of rotatable bonds is 4. The van der Waals surface area contributed by atoms with Gasteiger partial charge in [-0.1, -0.05) is 18.6 Å². The van der Waals surface area contributed by atoms with E-state index in [4.69, 9.17) is 9.97 Å². The van der Waals surface area contributed by atoms with Crippen LogP contribution in [0.5, 0.6) is 0 Å². The van der Waals surface area contributed by atoms with Gasteiger partial charge in [0.25, 0.3) is 0 Å². The molecule has 5 rings (SSSR count). The number of anilines is 1. The number of piperidine rings is 1. The van der Waals surface area contributed by atoms with Crippen LogP contribution in [0.25, 0.3) is 0 Å². The molecule has 1 aromatic carbocycles. The van der Waals surface area contributed by atoms with Crippen molar-refractivity contribution in [2.24, 2.45) is 5.92 Å². The van der Waals surface area contributed by atoms with Crippen LogP contribution in [0.2, 0.25) is 0 Å². The Bertz CT molecular complexity index is 1040. The predicted octanol–water partition coefficient (Wildman–Crippen LogP) is 3.91. The van der Waals surface area contributed by atoms with Crippen molar-refractivity contribution in [1.82, 2.24) is 14.9 Å². The highest BCUT2D eigenvalue weighted by atomic mass is 19.1. The van der Waals surface area contributed by atoms with Gasteiger partial charge in [-0.15, -0.1) is 0 Å². The zero-order chi connectivity index (χ0) is 22.2. The van der Waals surface area contributed by atoms with Gasteiger partial charge in [-0.3, -0.25) is 14.5 Å². The van der Waals surface area contributed by atoms with E-state index in [0.29, 0.717) is 31.1 Å². The van der Waals surface area contributed by atoms with E-state index in [2.05, 4.69) is 0 Å². The van der Waals surface area contributed by atoms with Crippen LogP contribution in [0, 0.1) is 18.7 Å². The highest BCUT2D eigenvalue weighted by Crippen LogP contribution is 2.35. The summed E-state index contributed by atoms with van der Waals surface area (Å²) in [6, 6.07) is 6.36. The molecule has 2 aromatic rings. The minimum Gasteiger partial charge on any atom is -0.342 e. The molecule has 6 nitrogen and oxygen atoms in total. The van der Waals surface area contributed by atoms with Gasteiger partial charge in [0.15, 0.2) is 0 Å². The quantitative estimate of drug-likeness (QED) is 0.729. The number of fused-ring (bicyclic) bond motifs is 1. The van der Waals surface area contributed by atoms with Gasteiger partial charge in [-0.2, -0.15) is 0 Å². The van der Waals surface area contributed by atoms with Gasteiger partial charge in [0, 0.05) is 42.6 Å². The molecular formula is C25H29FN4O2. The van der Waals surface area contributed by atoms with Gasteiger partial charge in [0.2, 0.25) is 11.8 Å². The monoisotopic (exact) mass is 436 g/mol. The lowest BCUT2D eigenvalue weighted by Crippen LogP contribution is -2.43. The van der Waals surface area contributed by atoms with E-state index in [-0.39, 0.29) is 23.6 Å². The Balaban J connectivity index is 1.36. The van der Waals surface area contributed by atoms with Gasteiger partial charge < -0.3 is 4.90 Å². The van der Waals surface area contributed by atoms with E-state index in [1.54, 1.807) is 11.0 Å². The standard InChI is InChI=1S/C25H29FN4O2/c1-16-21-8-9-22(31)30(15-17-4-2-7-20(26)14-17)24(21)28-23(27-16)18-10-12-29(13-11-18)25(32)19-5-3-6-19/h2,4,7,14,18-19H,3,5-6,8-13,15H2,1H3. The summed E-state index contributed by atoms with van der Waals surface area (Å²) in [7, 11) is 0. The summed E-state index contributed by atoms with van der Waals surface area (Å²) in [5, 5.41) is 0. The number of carbonyl (C=O) groups excluding carboxylic acids is 2. The molecular weight excluding hydrogens is 407 g/mol. The first-order chi connectivity index (χ1) is 15.5. The van der Waals surface area contributed by atoms with E-state index >= 15 is 0 Å². The van der Waals surface area contributed by atoms with E-state index in [1.807, 2.05) is 17.9 Å². The maximum absolute atomic E-state index is 13.7. The van der Waals surface area contributed by atoms with Crippen LogP contribution in [0.4, 0.5) is 10.2 Å². The number of benzene rings is 1. The third kappa shape index (κ3) is 4.00. The molecule has 2 fully saturated rings. The largest absolute Gasteiger partial charge is 0.342 e. The predicted molar refractivity (Wildman–Crippen MR) is 119 cm³/mol. The zero-order valence-corrected chi connectivity index (χ0v) is 18.5. The average Bonchev–Trinajstić information content (AvgIpc) is 2.74. The summed E-state index contributed by atoms with van der Waals surface area (Å²) in [6.07, 6.45) is 5.95. The van der Waals surface area contributed by atoms with Crippen molar-refractivity contribution in [2.45, 2.75) is 64.3 Å². The highest BCUT2D eigenvalue weighted by Gasteiger charge is 2.34. The average molecular weight is 437 g/mol. The molecule has 1 aliphatic carbocycles. The lowest BCUT2D eigenvalue weighted by Gasteiger charge is -2.36. The fourth-order valence-electron chi connectivity index (χ4n) is 5.04. The molecule has 2 amide bonds. The van der Waals surface area contributed by atoms with Crippen LogP contribution in [0.1, 0.15) is 67.1 Å². The van der Waals surface area contributed by atoms with Crippen molar-refractivity contribution in [3.63, 3.8) is 0 Å². The topological polar surface area (TPSA) is 66.4 Å². The Labute approximate surface area is 187 Å². The molecule has 168 valence electrons. The molecule has 1 saturated carbocycles. The molecule has 0 radical (unpaired) electrons. The molecule has 3 aliphatic rings. The Morgan fingerprint density at radius 1 is 1.12 bits per heavy atom. The Kier molecular flexibility index (Phi) is 5.66. The lowest BCUT2D eigenvalue weighted by atomic mass is 9.83. The van der Waals surface area contributed by atoms with E-state index in [1.165, 1.54) is 18.6 Å². The number of halogens is 1. The molecule has 0 spiro atoms. The van der Waals surface area contributed by atoms with Crippen LogP contribution < -0.4 is 4.90 Å². The number of nitrogens with zero attached hydrogens (tertiary/aromatic N) is 4. The second-order valence-corrected chi connectivity index (χ2v) is 9.31. The van der Waals surface area contributed by atoms with Crippen LogP contribution in [-0.2, 0) is 22.6 Å². The summed E-state index contributed by atoms with van der Waals surface area (Å²) >= 11 is 0. The second kappa shape index (κ2) is 8.60. The molecule has 32 heavy (non-hydrogen) atoms. The summed E-state index contributed by atoms with van der Waals surface area (Å²) in [5.41, 5.74) is 2.66. The molecule has 1 saturated heterocycles. The lowest BCUT2D eigenvalue weighted by molar-refractivity contribution is -0.139. The van der Waals surface area contributed by atoms with Gasteiger partial charge >= 0.3 is 0 Å². The van der Waals surface area contributed by atoms with Crippen molar-refractivity contribution in [2.75, 3.05) is 18.0 Å².